The van der Waals surface area contributed by atoms with Crippen LogP contribution in [0.4, 0.5) is 0 Å². The molecule has 1 aromatic rings. The van der Waals surface area contributed by atoms with Crippen molar-refractivity contribution in [1.82, 2.24) is 13.9 Å². The Bertz CT molecular complexity index is 525. The molecule has 0 saturated carbocycles. The molecule has 0 aliphatic carbocycles. The molecule has 0 unspecified atom stereocenters. The minimum atomic E-state index is -0.426. The van der Waals surface area contributed by atoms with E-state index in [1.165, 1.54) is 16.4 Å². The molecule has 2 aliphatic rings. The van der Waals surface area contributed by atoms with Crippen molar-refractivity contribution < 1.29 is 9.84 Å². The molecule has 15 heavy (non-hydrogen) atoms. The number of nitrogens with zero attached hydrogens (tertiary/aromatic N) is 3. The zero-order valence-corrected chi connectivity index (χ0v) is 8.16. The highest BCUT2D eigenvalue weighted by atomic mass is 16.6. The smallest absolute Gasteiger partial charge is 0.347 e. The molecule has 0 amide bonds. The Hall–Kier alpha value is -1.34. The summed E-state index contributed by atoms with van der Waals surface area (Å²) in [5.74, 6) is 0. The summed E-state index contributed by atoms with van der Waals surface area (Å²) in [5, 5.41) is 9.20. The third-order valence-electron chi connectivity index (χ3n) is 3.11. The first kappa shape index (κ1) is 8.93. The predicted octanol–water partition coefficient (Wildman–Crippen LogP) is -2.34. The third kappa shape index (κ3) is 0.963. The molecule has 3 atom stereocenters. The first-order valence-electron chi connectivity index (χ1n) is 4.80. The van der Waals surface area contributed by atoms with Crippen molar-refractivity contribution in [2.75, 3.05) is 6.61 Å². The van der Waals surface area contributed by atoms with Crippen LogP contribution < -0.4 is 11.4 Å². The molecule has 1 N–H and O–H groups in total. The van der Waals surface area contributed by atoms with Crippen molar-refractivity contribution in [3.05, 3.63) is 21.0 Å². The van der Waals surface area contributed by atoms with Gasteiger partial charge >= 0.3 is 11.4 Å². The van der Waals surface area contributed by atoms with Gasteiger partial charge in [-0.05, 0) is 0 Å². The Morgan fingerprint density at radius 3 is 2.87 bits per heavy atom. The summed E-state index contributed by atoms with van der Waals surface area (Å²) >= 11 is 0. The summed E-state index contributed by atoms with van der Waals surface area (Å²) in [6.45, 7) is 0.209. The minimum Gasteiger partial charge on any atom is -0.394 e. The van der Waals surface area contributed by atoms with Crippen molar-refractivity contribution in [2.45, 2.75) is 24.8 Å². The largest absolute Gasteiger partial charge is 0.394 e. The second-order valence-electron chi connectivity index (χ2n) is 3.94. The molecule has 0 bridgehead atoms. The molecule has 7 heteroatoms. The van der Waals surface area contributed by atoms with Gasteiger partial charge in [0.05, 0.1) is 13.2 Å². The average Bonchev–Trinajstić information content (AvgIpc) is 2.97. The third-order valence-corrected chi connectivity index (χ3v) is 3.11. The first-order valence-corrected chi connectivity index (χ1v) is 4.80. The maximum Gasteiger partial charge on any atom is 0.347 e. The second kappa shape index (κ2) is 2.61. The molecule has 1 saturated heterocycles. The Kier molecular flexibility index (Phi) is 1.56. The number of hydrogen-bond acceptors (Lipinski definition) is 4. The number of fused-ring (bicyclic) bond motifs is 2. The Morgan fingerprint density at radius 1 is 1.47 bits per heavy atom. The van der Waals surface area contributed by atoms with E-state index in [1.54, 1.807) is 0 Å². The predicted molar refractivity (Wildman–Crippen MR) is 48.7 cm³/mol. The normalized spacial score (nSPS) is 32.3. The van der Waals surface area contributed by atoms with Crippen LogP contribution >= 0.6 is 0 Å². The van der Waals surface area contributed by atoms with Crippen LogP contribution in [0.3, 0.4) is 0 Å². The van der Waals surface area contributed by atoms with Crippen LogP contribution in [0, 0.1) is 0 Å². The van der Waals surface area contributed by atoms with Crippen molar-refractivity contribution in [1.29, 1.82) is 0 Å². The lowest BCUT2D eigenvalue weighted by Crippen LogP contribution is -2.40. The molecule has 82 valence electrons. The molecule has 1 fully saturated rings. The van der Waals surface area contributed by atoms with Crippen molar-refractivity contribution in [2.24, 2.45) is 7.05 Å². The van der Waals surface area contributed by atoms with Gasteiger partial charge in [-0.15, -0.1) is 0 Å². The van der Waals surface area contributed by atoms with E-state index >= 15 is 0 Å². The SMILES string of the molecule is Cn1c(=O)n2n(c1=O)[C@H](CO)[C@H]1O[C@H]1C2. The lowest BCUT2D eigenvalue weighted by atomic mass is 10.1. The molecule has 7 nitrogen and oxygen atoms in total. The number of aliphatic hydroxyl groups is 1. The lowest BCUT2D eigenvalue weighted by molar-refractivity contribution is 0.169. The fourth-order valence-corrected chi connectivity index (χ4v) is 2.22. The Morgan fingerprint density at radius 2 is 2.20 bits per heavy atom. The molecule has 0 radical (unpaired) electrons. The van der Waals surface area contributed by atoms with Gasteiger partial charge in [0, 0.05) is 7.05 Å². The van der Waals surface area contributed by atoms with E-state index in [4.69, 9.17) is 4.74 Å². The first-order chi connectivity index (χ1) is 7.15. The monoisotopic (exact) mass is 213 g/mol. The van der Waals surface area contributed by atoms with E-state index < -0.39 is 11.7 Å². The van der Waals surface area contributed by atoms with Crippen LogP contribution in [-0.2, 0) is 18.3 Å². The summed E-state index contributed by atoms with van der Waals surface area (Å²) in [6.07, 6.45) is -0.142. The summed E-state index contributed by atoms with van der Waals surface area (Å²) in [4.78, 5) is 23.3. The zero-order valence-electron chi connectivity index (χ0n) is 8.16. The van der Waals surface area contributed by atoms with E-state index in [0.29, 0.717) is 6.54 Å². The number of aliphatic hydroxyl groups excluding tert-OH is 1. The Balaban J connectivity index is 2.27. The summed E-state index contributed by atoms with van der Waals surface area (Å²) in [6, 6.07) is -0.426. The van der Waals surface area contributed by atoms with Gasteiger partial charge in [-0.2, -0.15) is 0 Å². The molecule has 0 aromatic carbocycles. The topological polar surface area (TPSA) is 81.7 Å². The quantitative estimate of drug-likeness (QED) is 0.530. The minimum absolute atomic E-state index is 0.0263. The molecule has 0 spiro atoms. The molecule has 2 aliphatic heterocycles. The van der Waals surface area contributed by atoms with E-state index in [9.17, 15) is 14.7 Å². The van der Waals surface area contributed by atoms with Crippen molar-refractivity contribution in [3.63, 3.8) is 0 Å². The molecule has 1 aromatic heterocycles. The van der Waals surface area contributed by atoms with Gasteiger partial charge in [0.25, 0.3) is 0 Å². The van der Waals surface area contributed by atoms with Crippen LogP contribution in [0.25, 0.3) is 0 Å². The highest BCUT2D eigenvalue weighted by molar-refractivity contribution is 4.99. The maximum atomic E-state index is 11.7. The Labute approximate surface area is 84.1 Å². The van der Waals surface area contributed by atoms with E-state index in [0.717, 1.165) is 4.57 Å². The molecule has 3 heterocycles. The number of rotatable bonds is 1. The fourth-order valence-electron chi connectivity index (χ4n) is 2.22. The summed E-state index contributed by atoms with van der Waals surface area (Å²) in [7, 11) is 1.43. The van der Waals surface area contributed by atoms with Crippen LogP contribution in [0.15, 0.2) is 9.59 Å². The highest BCUT2D eigenvalue weighted by Gasteiger charge is 2.51. The van der Waals surface area contributed by atoms with E-state index in [1.807, 2.05) is 0 Å². The van der Waals surface area contributed by atoms with Gasteiger partial charge in [-0.3, -0.25) is 0 Å². The van der Waals surface area contributed by atoms with Crippen LogP contribution in [0.1, 0.15) is 6.04 Å². The fraction of sp³-hybridized carbons (Fsp3) is 0.750. The van der Waals surface area contributed by atoms with Gasteiger partial charge in [0.15, 0.2) is 0 Å². The van der Waals surface area contributed by atoms with Crippen LogP contribution in [0.5, 0.6) is 0 Å². The second-order valence-corrected chi connectivity index (χ2v) is 3.94. The van der Waals surface area contributed by atoms with Crippen molar-refractivity contribution >= 4 is 0 Å². The molecule has 3 rings (SSSR count). The number of ether oxygens (including phenoxy) is 1. The molecular weight excluding hydrogens is 202 g/mol. The van der Waals surface area contributed by atoms with Crippen LogP contribution in [-0.4, -0.2) is 37.9 Å². The lowest BCUT2D eigenvalue weighted by Gasteiger charge is -2.19. The van der Waals surface area contributed by atoms with Gasteiger partial charge in [-0.1, -0.05) is 0 Å². The van der Waals surface area contributed by atoms with E-state index in [-0.39, 0.29) is 24.5 Å². The standard InChI is InChI=1S/C8H11N3O4/c1-9-7(13)10-2-5-6(15-5)4(3-12)11(10)8(9)14/h4-6,12H,2-3H2,1H3/t4-,5+,6-/m1/s1. The summed E-state index contributed by atoms with van der Waals surface area (Å²) < 4.78 is 8.98. The number of hydrogen-bond donors (Lipinski definition) is 1. The highest BCUT2D eigenvalue weighted by Crippen LogP contribution is 2.35. The number of epoxide rings is 1. The van der Waals surface area contributed by atoms with Gasteiger partial charge in [0.2, 0.25) is 0 Å². The maximum absolute atomic E-state index is 11.7. The van der Waals surface area contributed by atoms with Crippen LogP contribution in [0.2, 0.25) is 0 Å². The van der Waals surface area contributed by atoms with E-state index in [2.05, 4.69) is 0 Å². The van der Waals surface area contributed by atoms with Gasteiger partial charge in [0.1, 0.15) is 18.2 Å². The van der Waals surface area contributed by atoms with Crippen molar-refractivity contribution in [3.8, 4) is 0 Å². The zero-order chi connectivity index (χ0) is 10.7. The number of aromatic nitrogens is 3. The summed E-state index contributed by atoms with van der Waals surface area (Å²) in [5.41, 5.74) is -0.750. The van der Waals surface area contributed by atoms with Gasteiger partial charge in [-0.25, -0.2) is 23.5 Å². The average molecular weight is 213 g/mol. The van der Waals surface area contributed by atoms with Gasteiger partial charge < -0.3 is 9.84 Å². The molecular formula is C8H11N3O4.